The summed E-state index contributed by atoms with van der Waals surface area (Å²) < 4.78 is 1.24. The van der Waals surface area contributed by atoms with Crippen LogP contribution in [0.2, 0.25) is 0 Å². The first-order valence-corrected chi connectivity index (χ1v) is 7.57. The molecule has 0 unspecified atom stereocenters. The Kier molecular flexibility index (Phi) is 3.22. The van der Waals surface area contributed by atoms with Gasteiger partial charge in [0.2, 0.25) is 0 Å². The van der Waals surface area contributed by atoms with E-state index < -0.39 is 0 Å². The highest BCUT2D eigenvalue weighted by molar-refractivity contribution is 7.21. The van der Waals surface area contributed by atoms with Gasteiger partial charge in [0, 0.05) is 16.8 Å². The van der Waals surface area contributed by atoms with Gasteiger partial charge in [0.25, 0.3) is 0 Å². The summed E-state index contributed by atoms with van der Waals surface area (Å²) in [5.74, 6) is 0. The molecule has 0 amide bonds. The van der Waals surface area contributed by atoms with Crippen LogP contribution in [0.5, 0.6) is 0 Å². The van der Waals surface area contributed by atoms with Crippen LogP contribution in [0.25, 0.3) is 20.8 Å². The molecule has 0 aliphatic carbocycles. The van der Waals surface area contributed by atoms with Crippen molar-refractivity contribution in [3.63, 3.8) is 0 Å². The molecule has 3 heteroatoms. The largest absolute Gasteiger partial charge is 0.380 e. The van der Waals surface area contributed by atoms with Crippen LogP contribution in [0.3, 0.4) is 0 Å². The lowest BCUT2D eigenvalue weighted by atomic mass is 10.1. The Morgan fingerprint density at radius 1 is 0.950 bits per heavy atom. The van der Waals surface area contributed by atoms with Crippen molar-refractivity contribution >= 4 is 27.2 Å². The number of para-hydroxylation sites is 1. The van der Waals surface area contributed by atoms with E-state index >= 15 is 0 Å². The molecule has 3 aromatic rings. The SMILES string of the molecule is CC(C)(C)Nc1ccc(-c2nc3ccccc3s2)cc1. The molecule has 0 saturated heterocycles. The molecule has 0 fully saturated rings. The molecule has 102 valence electrons. The van der Waals surface area contributed by atoms with E-state index in [-0.39, 0.29) is 5.54 Å². The number of nitrogens with zero attached hydrogens (tertiary/aromatic N) is 1. The number of fused-ring (bicyclic) bond motifs is 1. The molecule has 0 aliphatic rings. The van der Waals surface area contributed by atoms with Crippen molar-refractivity contribution in [1.29, 1.82) is 0 Å². The Hall–Kier alpha value is -1.87. The Labute approximate surface area is 123 Å². The van der Waals surface area contributed by atoms with Crippen molar-refractivity contribution in [3.8, 4) is 10.6 Å². The van der Waals surface area contributed by atoms with Crippen molar-refractivity contribution in [1.82, 2.24) is 4.98 Å². The zero-order chi connectivity index (χ0) is 14.2. The Morgan fingerprint density at radius 3 is 2.30 bits per heavy atom. The van der Waals surface area contributed by atoms with E-state index in [1.165, 1.54) is 10.3 Å². The van der Waals surface area contributed by atoms with E-state index in [0.29, 0.717) is 0 Å². The van der Waals surface area contributed by atoms with Gasteiger partial charge in [0.15, 0.2) is 0 Å². The summed E-state index contributed by atoms with van der Waals surface area (Å²) in [5, 5.41) is 4.55. The predicted molar refractivity (Wildman–Crippen MR) is 88.4 cm³/mol. The maximum atomic E-state index is 4.69. The summed E-state index contributed by atoms with van der Waals surface area (Å²) in [6.07, 6.45) is 0. The second kappa shape index (κ2) is 4.91. The van der Waals surface area contributed by atoms with Crippen molar-refractivity contribution < 1.29 is 0 Å². The summed E-state index contributed by atoms with van der Waals surface area (Å²) >= 11 is 1.74. The van der Waals surface area contributed by atoms with Gasteiger partial charge < -0.3 is 5.32 Å². The van der Waals surface area contributed by atoms with Crippen LogP contribution in [0.4, 0.5) is 5.69 Å². The highest BCUT2D eigenvalue weighted by Crippen LogP contribution is 2.30. The zero-order valence-electron chi connectivity index (χ0n) is 12.0. The zero-order valence-corrected chi connectivity index (χ0v) is 12.8. The number of thiazole rings is 1. The molecule has 20 heavy (non-hydrogen) atoms. The lowest BCUT2D eigenvalue weighted by Crippen LogP contribution is -2.25. The lowest BCUT2D eigenvalue weighted by molar-refractivity contribution is 0.634. The van der Waals surface area contributed by atoms with Crippen LogP contribution in [0.15, 0.2) is 48.5 Å². The molecule has 1 heterocycles. The molecule has 0 aliphatic heterocycles. The third-order valence-electron chi connectivity index (χ3n) is 2.95. The van der Waals surface area contributed by atoms with Crippen molar-refractivity contribution in [2.75, 3.05) is 5.32 Å². The van der Waals surface area contributed by atoms with Gasteiger partial charge in [0.05, 0.1) is 10.2 Å². The molecular weight excluding hydrogens is 264 g/mol. The third-order valence-corrected chi connectivity index (χ3v) is 4.03. The third kappa shape index (κ3) is 2.83. The monoisotopic (exact) mass is 282 g/mol. The molecule has 2 nitrogen and oxygen atoms in total. The summed E-state index contributed by atoms with van der Waals surface area (Å²) in [4.78, 5) is 4.69. The van der Waals surface area contributed by atoms with Gasteiger partial charge in [-0.05, 0) is 57.2 Å². The van der Waals surface area contributed by atoms with E-state index in [1.54, 1.807) is 11.3 Å². The molecule has 3 rings (SSSR count). The number of benzene rings is 2. The summed E-state index contributed by atoms with van der Waals surface area (Å²) in [7, 11) is 0. The number of hydrogen-bond donors (Lipinski definition) is 1. The van der Waals surface area contributed by atoms with Gasteiger partial charge in [0.1, 0.15) is 5.01 Å². The predicted octanol–water partition coefficient (Wildman–Crippen LogP) is 5.17. The van der Waals surface area contributed by atoms with Gasteiger partial charge in [-0.2, -0.15) is 0 Å². The van der Waals surface area contributed by atoms with Gasteiger partial charge in [-0.25, -0.2) is 4.98 Å². The molecule has 0 bridgehead atoms. The summed E-state index contributed by atoms with van der Waals surface area (Å²) in [5.41, 5.74) is 3.47. The smallest absolute Gasteiger partial charge is 0.124 e. The molecule has 0 atom stereocenters. The summed E-state index contributed by atoms with van der Waals surface area (Å²) in [6, 6.07) is 16.8. The second-order valence-electron chi connectivity index (χ2n) is 5.94. The fraction of sp³-hybridized carbons (Fsp3) is 0.235. The minimum absolute atomic E-state index is 0.0807. The fourth-order valence-corrected chi connectivity index (χ4v) is 3.10. The molecular formula is C17H18N2S. The molecule has 0 saturated carbocycles. The lowest BCUT2D eigenvalue weighted by Gasteiger charge is -2.22. The van der Waals surface area contributed by atoms with Crippen molar-refractivity contribution in [2.24, 2.45) is 0 Å². The standard InChI is InChI=1S/C17H18N2S/c1-17(2,3)19-13-10-8-12(9-11-13)16-18-14-6-4-5-7-15(14)20-16/h4-11,19H,1-3H3. The van der Waals surface area contributed by atoms with Gasteiger partial charge in [-0.15, -0.1) is 11.3 Å². The first-order chi connectivity index (χ1) is 9.51. The van der Waals surface area contributed by atoms with Crippen LogP contribution in [0.1, 0.15) is 20.8 Å². The van der Waals surface area contributed by atoms with Crippen LogP contribution < -0.4 is 5.32 Å². The van der Waals surface area contributed by atoms with Crippen LogP contribution in [0, 0.1) is 0 Å². The average Bonchev–Trinajstić information content (AvgIpc) is 2.81. The Balaban J connectivity index is 1.90. The van der Waals surface area contributed by atoms with Crippen LogP contribution in [-0.4, -0.2) is 10.5 Å². The average molecular weight is 282 g/mol. The van der Waals surface area contributed by atoms with Gasteiger partial charge in [-0.3, -0.25) is 0 Å². The number of nitrogens with one attached hydrogen (secondary N) is 1. The van der Waals surface area contributed by atoms with E-state index in [0.717, 1.165) is 16.2 Å². The van der Waals surface area contributed by atoms with E-state index in [1.807, 2.05) is 6.07 Å². The van der Waals surface area contributed by atoms with Crippen LogP contribution >= 0.6 is 11.3 Å². The maximum absolute atomic E-state index is 4.69. The number of hydrogen-bond acceptors (Lipinski definition) is 3. The summed E-state index contributed by atoms with van der Waals surface area (Å²) in [6.45, 7) is 6.48. The molecule has 1 aromatic heterocycles. The van der Waals surface area contributed by atoms with Crippen molar-refractivity contribution in [3.05, 3.63) is 48.5 Å². The van der Waals surface area contributed by atoms with E-state index in [2.05, 4.69) is 73.5 Å². The topological polar surface area (TPSA) is 24.9 Å². The van der Waals surface area contributed by atoms with Gasteiger partial charge >= 0.3 is 0 Å². The highest BCUT2D eigenvalue weighted by atomic mass is 32.1. The first kappa shape index (κ1) is 13.1. The van der Waals surface area contributed by atoms with E-state index in [4.69, 9.17) is 0 Å². The number of aromatic nitrogens is 1. The maximum Gasteiger partial charge on any atom is 0.124 e. The molecule has 0 spiro atoms. The number of rotatable bonds is 2. The van der Waals surface area contributed by atoms with E-state index in [9.17, 15) is 0 Å². The Morgan fingerprint density at radius 2 is 1.65 bits per heavy atom. The highest BCUT2D eigenvalue weighted by Gasteiger charge is 2.10. The molecule has 1 N–H and O–H groups in total. The molecule has 0 radical (unpaired) electrons. The molecule has 2 aromatic carbocycles. The fourth-order valence-electron chi connectivity index (χ4n) is 2.12. The second-order valence-corrected chi connectivity index (χ2v) is 6.97. The Bertz CT molecular complexity index is 688. The minimum Gasteiger partial charge on any atom is -0.380 e. The van der Waals surface area contributed by atoms with Gasteiger partial charge in [-0.1, -0.05) is 12.1 Å². The number of anilines is 1. The van der Waals surface area contributed by atoms with Crippen LogP contribution in [-0.2, 0) is 0 Å². The normalized spacial score (nSPS) is 11.8. The van der Waals surface area contributed by atoms with Crippen molar-refractivity contribution in [2.45, 2.75) is 26.3 Å². The first-order valence-electron chi connectivity index (χ1n) is 6.75. The minimum atomic E-state index is 0.0807. The quantitative estimate of drug-likeness (QED) is 0.701.